The molecule has 3 fully saturated rings. The highest BCUT2D eigenvalue weighted by atomic mass is 16.6. The molecule has 1 unspecified atom stereocenters. The van der Waals surface area contributed by atoms with Gasteiger partial charge in [0.15, 0.2) is 0 Å². The molecule has 8 heteroatoms. The Labute approximate surface area is 164 Å². The Bertz CT molecular complexity index is 908. The first kappa shape index (κ1) is 18.7. The van der Waals surface area contributed by atoms with E-state index in [9.17, 15) is 10.1 Å². The zero-order valence-corrected chi connectivity index (χ0v) is 16.6. The number of pyridine rings is 1. The van der Waals surface area contributed by atoms with E-state index in [1.54, 1.807) is 13.8 Å². The minimum atomic E-state index is -0.432. The van der Waals surface area contributed by atoms with Crippen molar-refractivity contribution in [3.05, 3.63) is 50.7 Å². The molecule has 28 heavy (non-hydrogen) atoms. The van der Waals surface area contributed by atoms with Crippen LogP contribution >= 0.6 is 0 Å². The molecular weight excluding hydrogens is 356 g/mol. The van der Waals surface area contributed by atoms with Crippen LogP contribution in [-0.2, 0) is 6.54 Å². The first-order valence-electron chi connectivity index (χ1n) is 9.84. The van der Waals surface area contributed by atoms with Crippen LogP contribution in [0.25, 0.3) is 0 Å². The van der Waals surface area contributed by atoms with Crippen molar-refractivity contribution in [3.8, 4) is 0 Å². The maximum absolute atomic E-state index is 11.4. The summed E-state index contributed by atoms with van der Waals surface area (Å²) in [5, 5.41) is 14.5. The molecule has 2 bridgehead atoms. The Kier molecular flexibility index (Phi) is 4.97. The second-order valence-electron chi connectivity index (χ2n) is 7.89. The third-order valence-electron chi connectivity index (χ3n) is 6.05. The van der Waals surface area contributed by atoms with Crippen LogP contribution in [0.1, 0.15) is 47.2 Å². The van der Waals surface area contributed by atoms with Crippen molar-refractivity contribution >= 4 is 11.5 Å². The average molecular weight is 382 g/mol. The fourth-order valence-corrected chi connectivity index (χ4v) is 4.53. The zero-order valence-electron chi connectivity index (χ0n) is 16.6. The summed E-state index contributed by atoms with van der Waals surface area (Å²) in [6.07, 6.45) is 2.54. The molecule has 0 radical (unpaired) electrons. The predicted molar refractivity (Wildman–Crippen MR) is 106 cm³/mol. The lowest BCUT2D eigenvalue weighted by molar-refractivity contribution is -0.385. The second kappa shape index (κ2) is 7.43. The van der Waals surface area contributed by atoms with Crippen LogP contribution in [0.3, 0.4) is 0 Å². The van der Waals surface area contributed by atoms with Gasteiger partial charge in [-0.15, -0.1) is 0 Å². The van der Waals surface area contributed by atoms with Gasteiger partial charge >= 0.3 is 5.69 Å². The van der Waals surface area contributed by atoms with Crippen LogP contribution in [0.2, 0.25) is 0 Å². The fourth-order valence-electron chi connectivity index (χ4n) is 4.53. The quantitative estimate of drug-likeness (QED) is 0.627. The molecule has 3 aliphatic heterocycles. The summed E-state index contributed by atoms with van der Waals surface area (Å²) in [4.78, 5) is 26.7. The summed E-state index contributed by atoms with van der Waals surface area (Å²) >= 11 is 0. The van der Waals surface area contributed by atoms with Gasteiger partial charge in [-0.25, -0.2) is 9.97 Å². The number of anilines is 1. The lowest BCUT2D eigenvalue weighted by atomic mass is 9.77. The minimum Gasteiger partial charge on any atom is -0.360 e. The van der Waals surface area contributed by atoms with E-state index < -0.39 is 4.92 Å². The number of piperidine rings is 3. The molecule has 0 spiro atoms. The standard InChI is InChI=1S/C20H26N6O2/c1-12-16(10-21-20-19(26(27)28)13(2)22-14(3)24-20)4-5-18(23-12)17-11-25-8-6-15(17)7-9-25/h4-5,15,17H,6-11H2,1-3H3,(H,21,22,24). The number of hydrogen-bond acceptors (Lipinski definition) is 7. The van der Waals surface area contributed by atoms with E-state index in [0.29, 0.717) is 24.0 Å². The molecule has 5 heterocycles. The van der Waals surface area contributed by atoms with E-state index >= 15 is 0 Å². The third kappa shape index (κ3) is 3.56. The Morgan fingerprint density at radius 3 is 2.50 bits per heavy atom. The molecule has 2 aromatic rings. The van der Waals surface area contributed by atoms with E-state index in [1.165, 1.54) is 31.6 Å². The monoisotopic (exact) mass is 382 g/mol. The van der Waals surface area contributed by atoms with Crippen molar-refractivity contribution in [2.24, 2.45) is 5.92 Å². The van der Waals surface area contributed by atoms with E-state index in [-0.39, 0.29) is 11.5 Å². The minimum absolute atomic E-state index is 0.0693. The van der Waals surface area contributed by atoms with Gasteiger partial charge in [0.1, 0.15) is 11.5 Å². The van der Waals surface area contributed by atoms with Crippen LogP contribution in [0.15, 0.2) is 12.1 Å². The molecule has 0 aliphatic carbocycles. The summed E-state index contributed by atoms with van der Waals surface area (Å²) in [5.74, 6) is 2.04. The molecule has 0 saturated carbocycles. The van der Waals surface area contributed by atoms with Gasteiger partial charge in [0.25, 0.3) is 0 Å². The van der Waals surface area contributed by atoms with Crippen LogP contribution in [0, 0.1) is 36.8 Å². The number of nitro groups is 1. The van der Waals surface area contributed by atoms with Crippen LogP contribution < -0.4 is 5.32 Å². The Balaban J connectivity index is 1.52. The Morgan fingerprint density at radius 2 is 1.89 bits per heavy atom. The van der Waals surface area contributed by atoms with Crippen LogP contribution in [0.4, 0.5) is 11.5 Å². The lowest BCUT2D eigenvalue weighted by Gasteiger charge is -2.44. The van der Waals surface area contributed by atoms with Gasteiger partial charge in [-0.1, -0.05) is 6.07 Å². The molecule has 1 N–H and O–H groups in total. The predicted octanol–water partition coefficient (Wildman–Crippen LogP) is 3.13. The summed E-state index contributed by atoms with van der Waals surface area (Å²) in [7, 11) is 0. The number of fused-ring (bicyclic) bond motifs is 3. The lowest BCUT2D eigenvalue weighted by Crippen LogP contribution is -2.46. The van der Waals surface area contributed by atoms with E-state index in [4.69, 9.17) is 4.98 Å². The summed E-state index contributed by atoms with van der Waals surface area (Å²) < 4.78 is 0. The van der Waals surface area contributed by atoms with E-state index in [0.717, 1.165) is 23.7 Å². The van der Waals surface area contributed by atoms with E-state index in [1.807, 2.05) is 6.92 Å². The molecule has 3 aliphatic rings. The summed E-state index contributed by atoms with van der Waals surface area (Å²) in [5.41, 5.74) is 3.46. The number of hydrogen-bond donors (Lipinski definition) is 1. The van der Waals surface area contributed by atoms with Crippen molar-refractivity contribution in [3.63, 3.8) is 0 Å². The maximum atomic E-state index is 11.4. The van der Waals surface area contributed by atoms with Gasteiger partial charge in [0.2, 0.25) is 5.82 Å². The van der Waals surface area contributed by atoms with Crippen molar-refractivity contribution in [1.82, 2.24) is 19.9 Å². The van der Waals surface area contributed by atoms with Gasteiger partial charge in [0, 0.05) is 30.4 Å². The van der Waals surface area contributed by atoms with Crippen molar-refractivity contribution < 1.29 is 4.92 Å². The number of aromatic nitrogens is 3. The third-order valence-corrected chi connectivity index (χ3v) is 6.05. The molecule has 2 aromatic heterocycles. The normalized spacial score (nSPS) is 23.6. The van der Waals surface area contributed by atoms with Crippen molar-refractivity contribution in [2.75, 3.05) is 25.0 Å². The summed E-state index contributed by atoms with van der Waals surface area (Å²) in [6.45, 7) is 9.37. The van der Waals surface area contributed by atoms with Gasteiger partial charge < -0.3 is 10.2 Å². The molecular formula is C20H26N6O2. The molecule has 148 valence electrons. The number of nitrogens with zero attached hydrogens (tertiary/aromatic N) is 5. The van der Waals surface area contributed by atoms with Gasteiger partial charge in [-0.2, -0.15) is 0 Å². The van der Waals surface area contributed by atoms with Crippen LogP contribution in [-0.4, -0.2) is 44.4 Å². The van der Waals surface area contributed by atoms with Gasteiger partial charge in [-0.05, 0) is 64.3 Å². The van der Waals surface area contributed by atoms with Gasteiger partial charge in [0.05, 0.1) is 4.92 Å². The average Bonchev–Trinajstić information content (AvgIpc) is 2.67. The molecule has 5 rings (SSSR count). The number of rotatable bonds is 5. The second-order valence-corrected chi connectivity index (χ2v) is 7.89. The number of aryl methyl sites for hydroxylation is 3. The van der Waals surface area contributed by atoms with Crippen LogP contribution in [0.5, 0.6) is 0 Å². The SMILES string of the molecule is Cc1nc(C)c([N+](=O)[O-])c(NCc2ccc(C3CN4CCC3CC4)nc2C)n1. The molecule has 0 amide bonds. The topological polar surface area (TPSA) is 97.1 Å². The fraction of sp³-hybridized carbons (Fsp3) is 0.550. The molecule has 0 aromatic carbocycles. The molecule has 3 saturated heterocycles. The first-order chi connectivity index (χ1) is 13.4. The van der Waals surface area contributed by atoms with Crippen molar-refractivity contribution in [1.29, 1.82) is 0 Å². The summed E-state index contributed by atoms with van der Waals surface area (Å²) in [6, 6.07) is 4.22. The molecule has 8 nitrogen and oxygen atoms in total. The molecule has 1 atom stereocenters. The number of nitrogens with one attached hydrogen (secondary N) is 1. The van der Waals surface area contributed by atoms with Crippen molar-refractivity contribution in [2.45, 2.75) is 46.1 Å². The van der Waals surface area contributed by atoms with E-state index in [2.05, 4.69) is 32.3 Å². The highest BCUT2D eigenvalue weighted by Crippen LogP contribution is 2.38. The smallest absolute Gasteiger partial charge is 0.332 e. The Hall–Kier alpha value is -2.61. The highest BCUT2D eigenvalue weighted by Gasteiger charge is 2.35. The zero-order chi connectivity index (χ0) is 19.8. The largest absolute Gasteiger partial charge is 0.360 e. The van der Waals surface area contributed by atoms with Gasteiger partial charge in [-0.3, -0.25) is 15.1 Å². The first-order valence-corrected chi connectivity index (χ1v) is 9.84. The highest BCUT2D eigenvalue weighted by molar-refractivity contribution is 5.58. The Morgan fingerprint density at radius 1 is 1.14 bits per heavy atom. The maximum Gasteiger partial charge on any atom is 0.332 e.